The average molecular weight is 354 g/mol. The van der Waals surface area contributed by atoms with Crippen molar-refractivity contribution in [3.63, 3.8) is 0 Å². The van der Waals surface area contributed by atoms with Crippen LogP contribution in [0.1, 0.15) is 44.1 Å². The Kier molecular flexibility index (Phi) is 5.70. The van der Waals surface area contributed by atoms with Crippen molar-refractivity contribution in [2.75, 3.05) is 13.7 Å². The number of hydrogen-bond acceptors (Lipinski definition) is 4. The predicted molar refractivity (Wildman–Crippen MR) is 92.2 cm³/mol. The summed E-state index contributed by atoms with van der Waals surface area (Å²) in [6.45, 7) is 6.24. The van der Waals surface area contributed by atoms with E-state index in [4.69, 9.17) is 16.3 Å². The van der Waals surface area contributed by atoms with Crippen molar-refractivity contribution in [2.45, 2.75) is 39.7 Å². The minimum Gasteiger partial charge on any atom is -0.492 e. The van der Waals surface area contributed by atoms with E-state index in [1.165, 1.54) is 19.3 Å². The first-order valence-electron chi connectivity index (χ1n) is 8.03. The number of hydrogen-bond donors (Lipinski definition) is 2. The molecule has 1 aliphatic carbocycles. The van der Waals surface area contributed by atoms with E-state index in [2.05, 4.69) is 15.6 Å². The van der Waals surface area contributed by atoms with Crippen molar-refractivity contribution in [3.8, 4) is 5.75 Å². The van der Waals surface area contributed by atoms with E-state index >= 15 is 0 Å². The van der Waals surface area contributed by atoms with Gasteiger partial charge in [0.2, 0.25) is 5.91 Å². The molecule has 2 rings (SSSR count). The molecule has 0 aromatic carbocycles. The first-order chi connectivity index (χ1) is 11.2. The van der Waals surface area contributed by atoms with Gasteiger partial charge in [-0.1, -0.05) is 32.4 Å². The first-order valence-corrected chi connectivity index (χ1v) is 8.41. The summed E-state index contributed by atoms with van der Waals surface area (Å²) in [6.07, 6.45) is 3.72. The number of nitrogens with one attached hydrogen (secondary N) is 2. The van der Waals surface area contributed by atoms with E-state index in [1.54, 1.807) is 0 Å². The van der Waals surface area contributed by atoms with Gasteiger partial charge in [-0.15, -0.1) is 0 Å². The fourth-order valence-electron chi connectivity index (χ4n) is 2.17. The third-order valence-corrected chi connectivity index (χ3v) is 4.16. The smallest absolute Gasteiger partial charge is 0.270 e. The summed E-state index contributed by atoms with van der Waals surface area (Å²) in [5.41, 5.74) is -0.267. The monoisotopic (exact) mass is 353 g/mol. The van der Waals surface area contributed by atoms with Crippen LogP contribution in [0, 0.1) is 11.3 Å². The maximum atomic E-state index is 12.5. The molecule has 1 saturated carbocycles. The maximum absolute atomic E-state index is 12.5. The van der Waals surface area contributed by atoms with E-state index < -0.39 is 17.4 Å². The van der Waals surface area contributed by atoms with Gasteiger partial charge in [-0.3, -0.25) is 9.59 Å². The lowest BCUT2D eigenvalue weighted by Gasteiger charge is -2.29. The number of amides is 2. The van der Waals surface area contributed by atoms with Crippen LogP contribution in [0.4, 0.5) is 0 Å². The van der Waals surface area contributed by atoms with Gasteiger partial charge in [0, 0.05) is 13.1 Å². The Morgan fingerprint density at radius 3 is 2.62 bits per heavy atom. The number of carbonyl (C=O) groups is 2. The summed E-state index contributed by atoms with van der Waals surface area (Å²) in [6, 6.07) is 0.840. The van der Waals surface area contributed by atoms with E-state index in [-0.39, 0.29) is 11.6 Å². The second-order valence-electron chi connectivity index (χ2n) is 7.14. The molecule has 1 atom stereocenters. The lowest BCUT2D eigenvalue weighted by Crippen LogP contribution is -2.53. The van der Waals surface area contributed by atoms with Crippen LogP contribution in [-0.2, 0) is 4.79 Å². The van der Waals surface area contributed by atoms with Crippen molar-refractivity contribution >= 4 is 23.4 Å². The summed E-state index contributed by atoms with van der Waals surface area (Å²) in [5.74, 6) is 0.322. The van der Waals surface area contributed by atoms with Crippen LogP contribution in [0.3, 0.4) is 0 Å². The van der Waals surface area contributed by atoms with E-state index in [0.717, 1.165) is 12.8 Å². The second-order valence-corrected chi connectivity index (χ2v) is 7.55. The molecule has 1 aromatic heterocycles. The molecule has 0 spiro atoms. The molecule has 132 valence electrons. The first kappa shape index (κ1) is 18.5. The Hall–Kier alpha value is -1.82. The number of ether oxygens (including phenoxy) is 1. The summed E-state index contributed by atoms with van der Waals surface area (Å²) in [4.78, 5) is 28.6. The number of likely N-dealkylation sites (N-methyl/N-ethyl adjacent to an activating group) is 1. The number of pyridine rings is 1. The highest BCUT2D eigenvalue weighted by Gasteiger charge is 2.32. The number of carbonyl (C=O) groups excluding carboxylic acids is 2. The molecular formula is C17H24ClN3O3. The molecular weight excluding hydrogens is 330 g/mol. The fourth-order valence-corrected chi connectivity index (χ4v) is 2.33. The van der Waals surface area contributed by atoms with Crippen molar-refractivity contribution in [1.29, 1.82) is 0 Å². The zero-order valence-electron chi connectivity index (χ0n) is 14.5. The Labute approximate surface area is 147 Å². The van der Waals surface area contributed by atoms with Crippen LogP contribution in [0.5, 0.6) is 5.75 Å². The minimum absolute atomic E-state index is 0.170. The van der Waals surface area contributed by atoms with Gasteiger partial charge in [0.25, 0.3) is 5.91 Å². The third-order valence-electron chi connectivity index (χ3n) is 3.87. The van der Waals surface area contributed by atoms with Gasteiger partial charge in [-0.25, -0.2) is 4.98 Å². The zero-order valence-corrected chi connectivity index (χ0v) is 15.2. The molecule has 1 aliphatic rings. The molecule has 1 aromatic rings. The molecule has 2 N–H and O–H groups in total. The molecule has 1 fully saturated rings. The molecule has 6 nitrogen and oxygen atoms in total. The molecule has 24 heavy (non-hydrogen) atoms. The third kappa shape index (κ3) is 4.84. The Morgan fingerprint density at radius 1 is 1.42 bits per heavy atom. The van der Waals surface area contributed by atoms with Crippen LogP contribution >= 0.6 is 11.6 Å². The van der Waals surface area contributed by atoms with Gasteiger partial charge >= 0.3 is 0 Å². The lowest BCUT2D eigenvalue weighted by molar-refractivity contribution is -0.124. The van der Waals surface area contributed by atoms with E-state index in [1.807, 2.05) is 20.8 Å². The van der Waals surface area contributed by atoms with Gasteiger partial charge in [-0.2, -0.15) is 0 Å². The lowest BCUT2D eigenvalue weighted by atomic mass is 9.86. The van der Waals surface area contributed by atoms with Gasteiger partial charge in [0.05, 0.1) is 12.8 Å². The summed E-state index contributed by atoms with van der Waals surface area (Å²) in [7, 11) is 1.54. The highest BCUT2D eigenvalue weighted by atomic mass is 35.5. The molecule has 0 bridgehead atoms. The molecule has 7 heteroatoms. The summed E-state index contributed by atoms with van der Waals surface area (Å²) in [5, 5.41) is 5.67. The maximum Gasteiger partial charge on any atom is 0.270 e. The van der Waals surface area contributed by atoms with E-state index in [9.17, 15) is 9.59 Å². The van der Waals surface area contributed by atoms with Gasteiger partial charge < -0.3 is 15.4 Å². The normalized spacial score (nSPS) is 15.5. The molecule has 1 heterocycles. The minimum atomic E-state index is -0.677. The second kappa shape index (κ2) is 7.38. The molecule has 2 amide bonds. The van der Waals surface area contributed by atoms with Crippen LogP contribution in [-0.4, -0.2) is 36.5 Å². The molecule has 0 saturated heterocycles. The molecule has 0 aliphatic heterocycles. The van der Waals surface area contributed by atoms with Crippen molar-refractivity contribution in [1.82, 2.24) is 15.6 Å². The fraction of sp³-hybridized carbons (Fsp3) is 0.588. The SMILES string of the molecule is CNC(=O)C(NC(=O)c1cc(OCC2CC2)c(Cl)cn1)C(C)(C)C. The highest BCUT2D eigenvalue weighted by Crippen LogP contribution is 2.31. The van der Waals surface area contributed by atoms with Crippen LogP contribution < -0.4 is 15.4 Å². The van der Waals surface area contributed by atoms with Crippen molar-refractivity contribution in [2.24, 2.45) is 11.3 Å². The van der Waals surface area contributed by atoms with Crippen LogP contribution in [0.25, 0.3) is 0 Å². The van der Waals surface area contributed by atoms with Crippen molar-refractivity contribution in [3.05, 3.63) is 23.0 Å². The predicted octanol–water partition coefficient (Wildman–Crippen LogP) is 2.41. The molecule has 0 radical (unpaired) electrons. The van der Waals surface area contributed by atoms with Crippen molar-refractivity contribution < 1.29 is 14.3 Å². The largest absolute Gasteiger partial charge is 0.492 e. The zero-order chi connectivity index (χ0) is 17.9. The number of halogens is 1. The quantitative estimate of drug-likeness (QED) is 0.823. The number of aromatic nitrogens is 1. The van der Waals surface area contributed by atoms with Crippen LogP contribution in [0.15, 0.2) is 12.3 Å². The average Bonchev–Trinajstić information content (AvgIpc) is 3.34. The number of rotatable bonds is 6. The number of nitrogens with zero attached hydrogens (tertiary/aromatic N) is 1. The van der Waals surface area contributed by atoms with E-state index in [0.29, 0.717) is 23.3 Å². The summed E-state index contributed by atoms with van der Waals surface area (Å²) >= 11 is 6.07. The van der Waals surface area contributed by atoms with Crippen LogP contribution in [0.2, 0.25) is 5.02 Å². The van der Waals surface area contributed by atoms with Gasteiger partial charge in [0.15, 0.2) is 0 Å². The van der Waals surface area contributed by atoms with Gasteiger partial charge in [-0.05, 0) is 24.2 Å². The Balaban J connectivity index is 2.12. The van der Waals surface area contributed by atoms with Gasteiger partial charge in [0.1, 0.15) is 22.5 Å². The summed E-state index contributed by atoms with van der Waals surface area (Å²) < 4.78 is 5.66. The Morgan fingerprint density at radius 2 is 2.08 bits per heavy atom. The molecule has 1 unspecified atom stereocenters. The standard InChI is InChI=1S/C17H24ClN3O3/c1-17(2,3)14(16(23)19-4)21-15(22)12-7-13(11(18)8-20-12)24-9-10-5-6-10/h7-8,10,14H,5-6,9H2,1-4H3,(H,19,23)(H,21,22). The Bertz CT molecular complexity index is 624. The highest BCUT2D eigenvalue weighted by molar-refractivity contribution is 6.32. The topological polar surface area (TPSA) is 80.3 Å².